The second-order valence-corrected chi connectivity index (χ2v) is 6.34. The van der Waals surface area contributed by atoms with Gasteiger partial charge >= 0.3 is 5.97 Å². The van der Waals surface area contributed by atoms with Crippen LogP contribution in [0.1, 0.15) is 71.1 Å². The Balaban J connectivity index is 1.55. The summed E-state index contributed by atoms with van der Waals surface area (Å²) in [5.41, 5.74) is 0.725. The molecule has 0 radical (unpaired) electrons. The molecule has 0 heterocycles. The summed E-state index contributed by atoms with van der Waals surface area (Å²) in [5, 5.41) is 3.62. The molecule has 2 saturated carbocycles. The molecule has 0 unspecified atom stereocenters. The lowest BCUT2D eigenvalue weighted by Gasteiger charge is -2.37. The lowest BCUT2D eigenvalue weighted by atomic mass is 9.71. The molecule has 19 heavy (non-hydrogen) atoms. The minimum Gasteiger partial charge on any atom is -0.466 e. The Morgan fingerprint density at radius 1 is 1.21 bits per heavy atom. The van der Waals surface area contributed by atoms with Gasteiger partial charge in [-0.2, -0.15) is 0 Å². The highest BCUT2D eigenvalue weighted by Gasteiger charge is 2.37. The summed E-state index contributed by atoms with van der Waals surface area (Å²) in [6.07, 6.45) is 12.8. The summed E-state index contributed by atoms with van der Waals surface area (Å²) >= 11 is 0. The largest absolute Gasteiger partial charge is 0.466 e. The van der Waals surface area contributed by atoms with Crippen molar-refractivity contribution in [1.82, 2.24) is 5.32 Å². The quantitative estimate of drug-likeness (QED) is 0.592. The number of nitrogens with one attached hydrogen (secondary N) is 1. The van der Waals surface area contributed by atoms with Crippen molar-refractivity contribution in [2.45, 2.75) is 77.2 Å². The summed E-state index contributed by atoms with van der Waals surface area (Å²) in [4.78, 5) is 11.2. The van der Waals surface area contributed by atoms with E-state index in [0.29, 0.717) is 19.1 Å². The van der Waals surface area contributed by atoms with Crippen molar-refractivity contribution in [1.29, 1.82) is 0 Å². The molecule has 0 aromatic heterocycles. The average Bonchev–Trinajstić information content (AvgIpc) is 2.86. The number of rotatable bonds is 6. The first-order valence-corrected chi connectivity index (χ1v) is 8.13. The van der Waals surface area contributed by atoms with Gasteiger partial charge in [-0.15, -0.1) is 0 Å². The molecule has 1 N–H and O–H groups in total. The third-order valence-electron chi connectivity index (χ3n) is 5.01. The van der Waals surface area contributed by atoms with Crippen LogP contribution in [0.5, 0.6) is 0 Å². The smallest absolute Gasteiger partial charge is 0.305 e. The van der Waals surface area contributed by atoms with Crippen molar-refractivity contribution in [2.75, 3.05) is 13.2 Å². The highest BCUT2D eigenvalue weighted by molar-refractivity contribution is 5.69. The van der Waals surface area contributed by atoms with Crippen molar-refractivity contribution in [2.24, 2.45) is 5.41 Å². The van der Waals surface area contributed by atoms with E-state index in [9.17, 15) is 4.79 Å². The van der Waals surface area contributed by atoms with E-state index in [-0.39, 0.29) is 5.97 Å². The Morgan fingerprint density at radius 2 is 1.89 bits per heavy atom. The summed E-state index contributed by atoms with van der Waals surface area (Å²) < 4.78 is 4.93. The van der Waals surface area contributed by atoms with Crippen LogP contribution in [0.4, 0.5) is 0 Å². The molecule has 0 aromatic rings. The van der Waals surface area contributed by atoms with E-state index in [1.54, 1.807) is 0 Å². The molecule has 0 atom stereocenters. The first-order valence-electron chi connectivity index (χ1n) is 8.13. The Bertz CT molecular complexity index is 274. The normalized spacial score (nSPS) is 22.8. The Labute approximate surface area is 117 Å². The summed E-state index contributed by atoms with van der Waals surface area (Å²) in [6, 6.07) is 0.688. The molecule has 3 heteroatoms. The zero-order chi connectivity index (χ0) is 13.6. The second-order valence-electron chi connectivity index (χ2n) is 6.34. The van der Waals surface area contributed by atoms with E-state index in [1.165, 1.54) is 51.4 Å². The number of carbonyl (C=O) groups excluding carboxylic acids is 1. The molecule has 0 saturated heterocycles. The molecule has 3 nitrogen and oxygen atoms in total. The number of hydrogen-bond donors (Lipinski definition) is 1. The molecular weight excluding hydrogens is 238 g/mol. The maximum absolute atomic E-state index is 11.2. The molecular formula is C16H29NO2. The van der Waals surface area contributed by atoms with Crippen molar-refractivity contribution >= 4 is 5.97 Å². The molecule has 2 rings (SSSR count). The lowest BCUT2D eigenvalue weighted by Crippen LogP contribution is -2.37. The number of esters is 1. The minimum atomic E-state index is -0.0575. The van der Waals surface area contributed by atoms with Gasteiger partial charge in [0.2, 0.25) is 0 Å². The Kier molecular flexibility index (Phi) is 5.68. The van der Waals surface area contributed by atoms with Gasteiger partial charge in [-0.3, -0.25) is 4.79 Å². The molecule has 0 aliphatic heterocycles. The summed E-state index contributed by atoms with van der Waals surface area (Å²) in [6.45, 7) is 3.31. The van der Waals surface area contributed by atoms with Crippen LogP contribution in [-0.2, 0) is 9.53 Å². The SMILES string of the molecule is CCOC(=O)CCCNC1CCC2(CCCC2)CC1. The van der Waals surface area contributed by atoms with E-state index in [2.05, 4.69) is 5.32 Å². The van der Waals surface area contributed by atoms with Gasteiger partial charge in [-0.1, -0.05) is 12.8 Å². The van der Waals surface area contributed by atoms with Crippen molar-refractivity contribution < 1.29 is 9.53 Å². The number of carbonyl (C=O) groups is 1. The van der Waals surface area contributed by atoms with E-state index in [1.807, 2.05) is 6.92 Å². The van der Waals surface area contributed by atoms with Crippen molar-refractivity contribution in [3.05, 3.63) is 0 Å². The molecule has 2 aliphatic rings. The lowest BCUT2D eigenvalue weighted by molar-refractivity contribution is -0.143. The van der Waals surface area contributed by atoms with Gasteiger partial charge in [0.1, 0.15) is 0 Å². The number of hydrogen-bond acceptors (Lipinski definition) is 3. The molecule has 1 spiro atoms. The van der Waals surface area contributed by atoms with Crippen LogP contribution in [0.15, 0.2) is 0 Å². The van der Waals surface area contributed by atoms with Crippen LogP contribution in [0.2, 0.25) is 0 Å². The maximum Gasteiger partial charge on any atom is 0.305 e. The third-order valence-corrected chi connectivity index (χ3v) is 5.01. The van der Waals surface area contributed by atoms with Gasteiger partial charge in [0.15, 0.2) is 0 Å². The second kappa shape index (κ2) is 7.28. The van der Waals surface area contributed by atoms with E-state index >= 15 is 0 Å². The van der Waals surface area contributed by atoms with E-state index < -0.39 is 0 Å². The Morgan fingerprint density at radius 3 is 2.53 bits per heavy atom. The highest BCUT2D eigenvalue weighted by Crippen LogP contribution is 2.48. The van der Waals surface area contributed by atoms with Gasteiger partial charge in [0.05, 0.1) is 6.61 Å². The standard InChI is InChI=1S/C16H29NO2/c1-2-19-15(18)6-5-13-17-14-7-11-16(12-8-14)9-3-4-10-16/h14,17H,2-13H2,1H3. The van der Waals surface area contributed by atoms with E-state index in [0.717, 1.165) is 18.4 Å². The van der Waals surface area contributed by atoms with Gasteiger partial charge < -0.3 is 10.1 Å². The Hall–Kier alpha value is -0.570. The molecule has 0 amide bonds. The summed E-state index contributed by atoms with van der Waals surface area (Å²) in [7, 11) is 0. The van der Waals surface area contributed by atoms with Gasteiger partial charge in [-0.25, -0.2) is 0 Å². The average molecular weight is 267 g/mol. The fourth-order valence-corrected chi connectivity index (χ4v) is 3.83. The monoisotopic (exact) mass is 267 g/mol. The van der Waals surface area contributed by atoms with Crippen LogP contribution < -0.4 is 5.32 Å². The van der Waals surface area contributed by atoms with Crippen LogP contribution in [0, 0.1) is 5.41 Å². The molecule has 0 aromatic carbocycles. The van der Waals surface area contributed by atoms with Gasteiger partial charge in [-0.05, 0) is 63.8 Å². The topological polar surface area (TPSA) is 38.3 Å². The van der Waals surface area contributed by atoms with Crippen LogP contribution in [0.3, 0.4) is 0 Å². The predicted molar refractivity (Wildman–Crippen MR) is 77.0 cm³/mol. The van der Waals surface area contributed by atoms with Crippen LogP contribution >= 0.6 is 0 Å². The molecule has 2 fully saturated rings. The highest BCUT2D eigenvalue weighted by atomic mass is 16.5. The predicted octanol–water partition coefficient (Wildman–Crippen LogP) is 3.42. The van der Waals surface area contributed by atoms with Crippen molar-refractivity contribution in [3.63, 3.8) is 0 Å². The van der Waals surface area contributed by atoms with Gasteiger partial charge in [0.25, 0.3) is 0 Å². The first-order chi connectivity index (χ1) is 9.24. The fraction of sp³-hybridized carbons (Fsp3) is 0.938. The minimum absolute atomic E-state index is 0.0575. The first kappa shape index (κ1) is 14.8. The zero-order valence-electron chi connectivity index (χ0n) is 12.4. The maximum atomic E-state index is 11.2. The molecule has 110 valence electrons. The van der Waals surface area contributed by atoms with Crippen LogP contribution in [-0.4, -0.2) is 25.2 Å². The van der Waals surface area contributed by atoms with Crippen molar-refractivity contribution in [3.8, 4) is 0 Å². The molecule has 0 bridgehead atoms. The van der Waals surface area contributed by atoms with E-state index in [4.69, 9.17) is 4.74 Å². The summed E-state index contributed by atoms with van der Waals surface area (Å²) in [5.74, 6) is -0.0575. The molecule has 2 aliphatic carbocycles. The third kappa shape index (κ3) is 4.48. The van der Waals surface area contributed by atoms with Crippen LogP contribution in [0.25, 0.3) is 0 Å². The van der Waals surface area contributed by atoms with Gasteiger partial charge in [0, 0.05) is 12.5 Å². The zero-order valence-corrected chi connectivity index (χ0v) is 12.4. The number of ether oxygens (including phenoxy) is 1. The fourth-order valence-electron chi connectivity index (χ4n) is 3.83.